The van der Waals surface area contributed by atoms with E-state index in [0.717, 1.165) is 30.9 Å². The summed E-state index contributed by atoms with van der Waals surface area (Å²) >= 11 is 3.43. The number of nitrogens with zero attached hydrogens (tertiary/aromatic N) is 2. The number of hydrogen-bond acceptors (Lipinski definition) is 2. The average Bonchev–Trinajstić information content (AvgIpc) is 2.32. The van der Waals surface area contributed by atoms with Gasteiger partial charge in [0, 0.05) is 36.7 Å². The molecule has 1 aliphatic heterocycles. The van der Waals surface area contributed by atoms with E-state index in [4.69, 9.17) is 0 Å². The summed E-state index contributed by atoms with van der Waals surface area (Å²) in [7, 11) is 2.15. The van der Waals surface area contributed by atoms with Crippen molar-refractivity contribution in [3.8, 4) is 0 Å². The number of anilines is 1. The van der Waals surface area contributed by atoms with Gasteiger partial charge in [0.15, 0.2) is 0 Å². The molecule has 1 atom stereocenters. The predicted molar refractivity (Wildman–Crippen MR) is 73.3 cm³/mol. The van der Waals surface area contributed by atoms with E-state index in [-0.39, 0.29) is 5.82 Å². The van der Waals surface area contributed by atoms with Gasteiger partial charge in [-0.05, 0) is 37.7 Å². The number of alkyl halides is 1. The second-order valence-corrected chi connectivity index (χ2v) is 5.24. The number of rotatable bonds is 2. The highest BCUT2D eigenvalue weighted by molar-refractivity contribution is 9.08. The van der Waals surface area contributed by atoms with Crippen LogP contribution in [0.2, 0.25) is 0 Å². The molecule has 1 fully saturated rings. The fourth-order valence-electron chi connectivity index (χ4n) is 2.24. The van der Waals surface area contributed by atoms with Crippen LogP contribution in [0.4, 0.5) is 10.1 Å². The van der Waals surface area contributed by atoms with Crippen LogP contribution in [-0.2, 0) is 5.33 Å². The van der Waals surface area contributed by atoms with E-state index >= 15 is 0 Å². The van der Waals surface area contributed by atoms with Crippen molar-refractivity contribution in [2.24, 2.45) is 0 Å². The van der Waals surface area contributed by atoms with Gasteiger partial charge >= 0.3 is 0 Å². The molecule has 0 spiro atoms. The number of hydrogen-bond donors (Lipinski definition) is 0. The molecule has 0 saturated carbocycles. The molecule has 1 unspecified atom stereocenters. The first-order valence-electron chi connectivity index (χ1n) is 5.91. The molecule has 4 heteroatoms. The molecule has 1 aromatic carbocycles. The standard InChI is InChI=1S/C13H18BrFN2/c1-10-9-17(6-5-16(10)2)13-4-3-12(15)7-11(13)8-14/h3-4,7,10H,5-6,8-9H2,1-2H3. The maximum atomic E-state index is 13.2. The zero-order valence-electron chi connectivity index (χ0n) is 10.3. The minimum atomic E-state index is -0.162. The molecule has 17 heavy (non-hydrogen) atoms. The van der Waals surface area contributed by atoms with Gasteiger partial charge in [0.2, 0.25) is 0 Å². The molecule has 1 saturated heterocycles. The summed E-state index contributed by atoms with van der Waals surface area (Å²) in [6.45, 7) is 5.29. The summed E-state index contributed by atoms with van der Waals surface area (Å²) in [5.74, 6) is -0.162. The summed E-state index contributed by atoms with van der Waals surface area (Å²) < 4.78 is 13.2. The molecule has 1 aliphatic rings. The van der Waals surface area contributed by atoms with E-state index in [1.807, 2.05) is 6.07 Å². The average molecular weight is 301 g/mol. The molecule has 0 radical (unpaired) electrons. The molecule has 0 aliphatic carbocycles. The normalized spacial score (nSPS) is 21.9. The summed E-state index contributed by atoms with van der Waals surface area (Å²) in [5, 5.41) is 0.695. The number of piperazine rings is 1. The Bertz CT molecular complexity index is 397. The Balaban J connectivity index is 2.22. The highest BCUT2D eigenvalue weighted by Crippen LogP contribution is 2.26. The highest BCUT2D eigenvalue weighted by atomic mass is 79.9. The minimum Gasteiger partial charge on any atom is -0.368 e. The second kappa shape index (κ2) is 5.36. The Labute approximate surface area is 111 Å². The van der Waals surface area contributed by atoms with Gasteiger partial charge in [-0.25, -0.2) is 4.39 Å². The van der Waals surface area contributed by atoms with Crippen molar-refractivity contribution in [1.82, 2.24) is 4.90 Å². The van der Waals surface area contributed by atoms with Crippen LogP contribution in [0.5, 0.6) is 0 Å². The first kappa shape index (κ1) is 12.8. The van der Waals surface area contributed by atoms with E-state index in [2.05, 4.69) is 39.7 Å². The van der Waals surface area contributed by atoms with Crippen molar-refractivity contribution in [2.75, 3.05) is 31.6 Å². The lowest BCUT2D eigenvalue weighted by Crippen LogP contribution is -2.50. The van der Waals surface area contributed by atoms with E-state index in [1.165, 1.54) is 0 Å². The SMILES string of the molecule is CC1CN(c2ccc(F)cc2CBr)CCN1C. The van der Waals surface area contributed by atoms with Crippen molar-refractivity contribution in [3.63, 3.8) is 0 Å². The summed E-state index contributed by atoms with van der Waals surface area (Å²) in [5.41, 5.74) is 2.19. The highest BCUT2D eigenvalue weighted by Gasteiger charge is 2.22. The minimum absolute atomic E-state index is 0.162. The third-order valence-corrected chi connectivity index (χ3v) is 4.09. The molecule has 94 valence electrons. The lowest BCUT2D eigenvalue weighted by Gasteiger charge is -2.39. The summed E-state index contributed by atoms with van der Waals surface area (Å²) in [6.07, 6.45) is 0. The molecular formula is C13H18BrFN2. The van der Waals surface area contributed by atoms with Crippen LogP contribution in [0.15, 0.2) is 18.2 Å². The van der Waals surface area contributed by atoms with Crippen LogP contribution >= 0.6 is 15.9 Å². The van der Waals surface area contributed by atoms with Crippen LogP contribution < -0.4 is 4.90 Å². The molecule has 1 heterocycles. The van der Waals surface area contributed by atoms with Gasteiger partial charge in [-0.1, -0.05) is 15.9 Å². The fraction of sp³-hybridized carbons (Fsp3) is 0.538. The predicted octanol–water partition coefficient (Wildman–Crippen LogP) is 2.86. The number of likely N-dealkylation sites (N-methyl/N-ethyl adjacent to an activating group) is 1. The van der Waals surface area contributed by atoms with E-state index < -0.39 is 0 Å². The Morgan fingerprint density at radius 2 is 2.18 bits per heavy atom. The smallest absolute Gasteiger partial charge is 0.123 e. The van der Waals surface area contributed by atoms with Crippen LogP contribution in [0.25, 0.3) is 0 Å². The number of benzene rings is 1. The van der Waals surface area contributed by atoms with E-state index in [1.54, 1.807) is 12.1 Å². The van der Waals surface area contributed by atoms with Gasteiger partial charge in [-0.2, -0.15) is 0 Å². The van der Waals surface area contributed by atoms with Crippen LogP contribution in [0, 0.1) is 5.82 Å². The molecule has 0 bridgehead atoms. The molecule has 0 aromatic heterocycles. The fourth-order valence-corrected chi connectivity index (χ4v) is 2.69. The topological polar surface area (TPSA) is 6.48 Å². The van der Waals surface area contributed by atoms with Crippen LogP contribution in [0.1, 0.15) is 12.5 Å². The zero-order valence-corrected chi connectivity index (χ0v) is 11.9. The van der Waals surface area contributed by atoms with Crippen molar-refractivity contribution in [3.05, 3.63) is 29.6 Å². The Hall–Kier alpha value is -0.610. The number of halogens is 2. The van der Waals surface area contributed by atoms with Gasteiger partial charge in [0.1, 0.15) is 5.82 Å². The largest absolute Gasteiger partial charge is 0.368 e. The molecule has 0 amide bonds. The van der Waals surface area contributed by atoms with Gasteiger partial charge in [-0.3, -0.25) is 0 Å². The first-order chi connectivity index (χ1) is 8.11. The van der Waals surface area contributed by atoms with Crippen molar-refractivity contribution >= 4 is 21.6 Å². The quantitative estimate of drug-likeness (QED) is 0.775. The Morgan fingerprint density at radius 1 is 1.41 bits per heavy atom. The molecule has 1 aromatic rings. The van der Waals surface area contributed by atoms with Crippen LogP contribution in [-0.4, -0.2) is 37.6 Å². The second-order valence-electron chi connectivity index (χ2n) is 4.68. The molecule has 2 rings (SSSR count). The Morgan fingerprint density at radius 3 is 2.82 bits per heavy atom. The molecule has 0 N–H and O–H groups in total. The summed E-state index contributed by atoms with van der Waals surface area (Å²) in [6, 6.07) is 5.60. The Kier molecular flexibility index (Phi) is 4.05. The van der Waals surface area contributed by atoms with Gasteiger partial charge in [0.25, 0.3) is 0 Å². The lowest BCUT2D eigenvalue weighted by atomic mass is 10.1. The van der Waals surface area contributed by atoms with E-state index in [9.17, 15) is 4.39 Å². The third kappa shape index (κ3) is 2.80. The zero-order chi connectivity index (χ0) is 12.4. The summed E-state index contributed by atoms with van der Waals surface area (Å²) in [4.78, 5) is 4.70. The van der Waals surface area contributed by atoms with Crippen molar-refractivity contribution < 1.29 is 4.39 Å². The lowest BCUT2D eigenvalue weighted by molar-refractivity contribution is 0.234. The van der Waals surface area contributed by atoms with E-state index in [0.29, 0.717) is 11.4 Å². The molecular weight excluding hydrogens is 283 g/mol. The van der Waals surface area contributed by atoms with Crippen molar-refractivity contribution in [1.29, 1.82) is 0 Å². The first-order valence-corrected chi connectivity index (χ1v) is 7.03. The van der Waals surface area contributed by atoms with Gasteiger partial charge in [0.05, 0.1) is 0 Å². The third-order valence-electron chi connectivity index (χ3n) is 3.49. The molecule has 2 nitrogen and oxygen atoms in total. The van der Waals surface area contributed by atoms with Crippen molar-refractivity contribution in [2.45, 2.75) is 18.3 Å². The maximum Gasteiger partial charge on any atom is 0.123 e. The van der Waals surface area contributed by atoms with Crippen LogP contribution in [0.3, 0.4) is 0 Å². The maximum absolute atomic E-state index is 13.2. The van der Waals surface area contributed by atoms with Gasteiger partial charge in [-0.15, -0.1) is 0 Å². The van der Waals surface area contributed by atoms with Gasteiger partial charge < -0.3 is 9.80 Å². The monoisotopic (exact) mass is 300 g/mol.